The van der Waals surface area contributed by atoms with E-state index in [9.17, 15) is 9.59 Å². The van der Waals surface area contributed by atoms with Gasteiger partial charge in [0.05, 0.1) is 39.7 Å². The van der Waals surface area contributed by atoms with Crippen molar-refractivity contribution in [1.82, 2.24) is 0 Å². The molecule has 0 aliphatic heterocycles. The lowest BCUT2D eigenvalue weighted by Gasteiger charge is -2.14. The highest BCUT2D eigenvalue weighted by molar-refractivity contribution is 5.96. The predicted octanol–water partition coefficient (Wildman–Crippen LogP) is 3.29. The van der Waals surface area contributed by atoms with Gasteiger partial charge in [-0.1, -0.05) is 6.92 Å². The Balaban J connectivity index is 2.32. The predicted molar refractivity (Wildman–Crippen MR) is 103 cm³/mol. The Morgan fingerprint density at radius 1 is 0.857 bits per heavy atom. The lowest BCUT2D eigenvalue weighted by molar-refractivity contribution is -0.115. The van der Waals surface area contributed by atoms with Crippen molar-refractivity contribution >= 4 is 17.6 Å². The van der Waals surface area contributed by atoms with Crippen molar-refractivity contribution < 1.29 is 33.3 Å². The second-order valence-electron chi connectivity index (χ2n) is 5.57. The number of esters is 1. The summed E-state index contributed by atoms with van der Waals surface area (Å²) < 4.78 is 26.4. The first kappa shape index (κ1) is 20.9. The maximum absolute atomic E-state index is 12.6. The van der Waals surface area contributed by atoms with Crippen LogP contribution in [0.25, 0.3) is 0 Å². The first-order chi connectivity index (χ1) is 13.5. The summed E-state index contributed by atoms with van der Waals surface area (Å²) in [6.07, 6.45) is 0.295. The quantitative estimate of drug-likeness (QED) is 0.547. The van der Waals surface area contributed by atoms with E-state index >= 15 is 0 Å². The van der Waals surface area contributed by atoms with Gasteiger partial charge in [-0.25, -0.2) is 4.79 Å². The van der Waals surface area contributed by atoms with Crippen molar-refractivity contribution in [3.05, 3.63) is 35.9 Å². The van der Waals surface area contributed by atoms with E-state index in [2.05, 4.69) is 5.32 Å². The third-order valence-electron chi connectivity index (χ3n) is 3.88. The number of carbonyl (C=O) groups excluding carboxylic acids is 2. The average Bonchev–Trinajstić information content (AvgIpc) is 2.72. The van der Waals surface area contributed by atoms with E-state index in [1.165, 1.54) is 46.6 Å². The van der Waals surface area contributed by atoms with Crippen molar-refractivity contribution in [1.29, 1.82) is 0 Å². The molecule has 0 radical (unpaired) electrons. The Labute approximate surface area is 163 Å². The van der Waals surface area contributed by atoms with E-state index in [1.54, 1.807) is 19.1 Å². The number of rotatable bonds is 8. The van der Waals surface area contributed by atoms with Crippen LogP contribution in [-0.2, 0) is 4.79 Å². The highest BCUT2D eigenvalue weighted by Crippen LogP contribution is 2.41. The molecule has 0 fully saturated rings. The number of methoxy groups -OCH3 is 4. The molecule has 0 saturated carbocycles. The van der Waals surface area contributed by atoms with Gasteiger partial charge in [0.15, 0.2) is 11.5 Å². The van der Waals surface area contributed by atoms with Crippen LogP contribution < -0.4 is 29.0 Å². The molecule has 0 heterocycles. The van der Waals surface area contributed by atoms with E-state index in [1.807, 2.05) is 0 Å². The van der Waals surface area contributed by atoms with Gasteiger partial charge in [-0.15, -0.1) is 0 Å². The van der Waals surface area contributed by atoms with E-state index in [-0.39, 0.29) is 17.2 Å². The molecule has 2 aromatic rings. The lowest BCUT2D eigenvalue weighted by Crippen LogP contribution is -2.13. The van der Waals surface area contributed by atoms with Crippen molar-refractivity contribution in [2.45, 2.75) is 13.3 Å². The van der Waals surface area contributed by atoms with Gasteiger partial charge in [-0.3, -0.25) is 4.79 Å². The smallest absolute Gasteiger partial charge is 0.343 e. The minimum atomic E-state index is -0.621. The molecule has 150 valence electrons. The van der Waals surface area contributed by atoms with Gasteiger partial charge in [0, 0.05) is 18.6 Å². The molecule has 0 unspecified atom stereocenters. The fourth-order valence-electron chi connectivity index (χ4n) is 2.45. The summed E-state index contributed by atoms with van der Waals surface area (Å²) in [5, 5.41) is 2.69. The highest BCUT2D eigenvalue weighted by atomic mass is 16.5. The molecule has 1 N–H and O–H groups in total. The molecule has 1 amide bonds. The number of benzene rings is 2. The van der Waals surface area contributed by atoms with Crippen LogP contribution in [0.3, 0.4) is 0 Å². The van der Waals surface area contributed by atoms with Crippen molar-refractivity contribution in [2.75, 3.05) is 33.8 Å². The molecule has 0 spiro atoms. The zero-order valence-corrected chi connectivity index (χ0v) is 16.5. The summed E-state index contributed by atoms with van der Waals surface area (Å²) in [5.41, 5.74) is 0.620. The zero-order chi connectivity index (χ0) is 20.7. The van der Waals surface area contributed by atoms with Crippen LogP contribution in [0.4, 0.5) is 5.69 Å². The van der Waals surface area contributed by atoms with Crippen LogP contribution in [0.5, 0.6) is 28.7 Å². The van der Waals surface area contributed by atoms with Gasteiger partial charge in [0.25, 0.3) is 0 Å². The summed E-state index contributed by atoms with van der Waals surface area (Å²) in [6, 6.07) is 7.65. The standard InChI is InChI=1S/C20H23NO7/c1-6-18(22)21-14-9-12(7-8-15(14)24-2)20(23)28-13-10-16(25-3)19(27-5)17(11-13)26-4/h7-11H,6H2,1-5H3,(H,21,22). The minimum Gasteiger partial charge on any atom is -0.495 e. The van der Waals surface area contributed by atoms with Gasteiger partial charge in [-0.05, 0) is 18.2 Å². The van der Waals surface area contributed by atoms with Gasteiger partial charge in [-0.2, -0.15) is 0 Å². The maximum Gasteiger partial charge on any atom is 0.343 e. The molecule has 2 rings (SSSR count). The molecule has 0 atom stereocenters. The Morgan fingerprint density at radius 2 is 1.46 bits per heavy atom. The Kier molecular flexibility index (Phi) is 7.08. The maximum atomic E-state index is 12.6. The molecule has 0 aliphatic rings. The zero-order valence-electron chi connectivity index (χ0n) is 16.5. The summed E-state index contributed by atoms with van der Waals surface area (Å²) in [7, 11) is 5.89. The monoisotopic (exact) mass is 389 g/mol. The number of nitrogens with one attached hydrogen (secondary N) is 1. The van der Waals surface area contributed by atoms with Gasteiger partial charge < -0.3 is 29.0 Å². The Hall–Kier alpha value is -3.42. The Bertz CT molecular complexity index is 839. The van der Waals surface area contributed by atoms with Crippen molar-refractivity contribution in [2.24, 2.45) is 0 Å². The van der Waals surface area contributed by atoms with Crippen molar-refractivity contribution in [3.63, 3.8) is 0 Å². The molecule has 0 aliphatic carbocycles. The summed E-state index contributed by atoms with van der Waals surface area (Å²) >= 11 is 0. The molecule has 2 aromatic carbocycles. The molecule has 0 saturated heterocycles. The fourth-order valence-corrected chi connectivity index (χ4v) is 2.45. The first-order valence-corrected chi connectivity index (χ1v) is 8.47. The minimum absolute atomic E-state index is 0.201. The Morgan fingerprint density at radius 3 is 1.96 bits per heavy atom. The van der Waals surface area contributed by atoms with Crippen LogP contribution in [0, 0.1) is 0 Å². The van der Waals surface area contributed by atoms with Gasteiger partial charge in [0.2, 0.25) is 11.7 Å². The van der Waals surface area contributed by atoms with Crippen LogP contribution in [0.15, 0.2) is 30.3 Å². The number of hydrogen-bond donors (Lipinski definition) is 1. The van der Waals surface area contributed by atoms with Crippen LogP contribution >= 0.6 is 0 Å². The SMILES string of the molecule is CCC(=O)Nc1cc(C(=O)Oc2cc(OC)c(OC)c(OC)c2)ccc1OC. The average molecular weight is 389 g/mol. The molecular weight excluding hydrogens is 366 g/mol. The first-order valence-electron chi connectivity index (χ1n) is 8.47. The third-order valence-corrected chi connectivity index (χ3v) is 3.88. The number of hydrogen-bond acceptors (Lipinski definition) is 7. The molecule has 8 heteroatoms. The van der Waals surface area contributed by atoms with Crippen LogP contribution in [0.1, 0.15) is 23.7 Å². The summed E-state index contributed by atoms with van der Waals surface area (Å²) in [6.45, 7) is 1.73. The highest BCUT2D eigenvalue weighted by Gasteiger charge is 2.18. The molecule has 28 heavy (non-hydrogen) atoms. The normalized spacial score (nSPS) is 10.0. The second kappa shape index (κ2) is 9.50. The molecule has 8 nitrogen and oxygen atoms in total. The number of ether oxygens (including phenoxy) is 5. The third kappa shape index (κ3) is 4.64. The lowest BCUT2D eigenvalue weighted by atomic mass is 10.1. The van der Waals surface area contributed by atoms with Gasteiger partial charge in [0.1, 0.15) is 11.5 Å². The fraction of sp³-hybridized carbons (Fsp3) is 0.300. The van der Waals surface area contributed by atoms with Crippen molar-refractivity contribution in [3.8, 4) is 28.7 Å². The van der Waals surface area contributed by atoms with Crippen LogP contribution in [0.2, 0.25) is 0 Å². The largest absolute Gasteiger partial charge is 0.495 e. The van der Waals surface area contributed by atoms with E-state index in [0.717, 1.165) is 0 Å². The van der Waals surface area contributed by atoms with Crippen LogP contribution in [-0.4, -0.2) is 40.3 Å². The van der Waals surface area contributed by atoms with E-state index in [0.29, 0.717) is 35.1 Å². The topological polar surface area (TPSA) is 92.3 Å². The van der Waals surface area contributed by atoms with Gasteiger partial charge >= 0.3 is 5.97 Å². The van der Waals surface area contributed by atoms with E-state index in [4.69, 9.17) is 23.7 Å². The molecular formula is C20H23NO7. The summed E-state index contributed by atoms with van der Waals surface area (Å²) in [5.74, 6) is 0.933. The number of anilines is 1. The number of amides is 1. The second-order valence-corrected chi connectivity index (χ2v) is 5.57. The van der Waals surface area contributed by atoms with E-state index < -0.39 is 5.97 Å². The molecule has 0 bridgehead atoms. The molecule has 0 aromatic heterocycles. The summed E-state index contributed by atoms with van der Waals surface area (Å²) in [4.78, 5) is 24.3. The number of carbonyl (C=O) groups is 2.